The molecule has 8 nitrogen and oxygen atoms in total. The smallest absolute Gasteiger partial charge is 0.406 e. The summed E-state index contributed by atoms with van der Waals surface area (Å²) in [4.78, 5) is 40.5. The van der Waals surface area contributed by atoms with Crippen LogP contribution in [0.15, 0.2) is 66.7 Å². The van der Waals surface area contributed by atoms with Crippen molar-refractivity contribution >= 4 is 51.6 Å². The topological polar surface area (TPSA) is 112 Å². The monoisotopic (exact) mass is 572 g/mol. The van der Waals surface area contributed by atoms with Crippen molar-refractivity contribution in [3.8, 4) is 5.75 Å². The Bertz CT molecular complexity index is 1580. The number of aromatic amines is 1. The number of benzene rings is 3. The van der Waals surface area contributed by atoms with Crippen LogP contribution in [0, 0.1) is 5.92 Å². The number of carbonyl (C=O) groups is 3. The van der Waals surface area contributed by atoms with Gasteiger partial charge in [-0.25, -0.2) is 0 Å². The largest absolute Gasteiger partial charge is 0.573 e. The average Bonchev–Trinajstić information content (AvgIpc) is 3.31. The molecule has 0 bridgehead atoms. The highest BCUT2D eigenvalue weighted by Gasteiger charge is 2.31. The lowest BCUT2D eigenvalue weighted by atomic mass is 10.1. The summed E-state index contributed by atoms with van der Waals surface area (Å²) in [5.74, 6) is -1.80. The molecule has 3 amide bonds. The number of alkyl halides is 3. The van der Waals surface area contributed by atoms with Crippen LogP contribution in [0.5, 0.6) is 5.75 Å². The van der Waals surface area contributed by atoms with Crippen molar-refractivity contribution in [2.75, 3.05) is 10.6 Å². The molecule has 40 heavy (non-hydrogen) atoms. The minimum atomic E-state index is -4.85. The van der Waals surface area contributed by atoms with Gasteiger partial charge in [-0.1, -0.05) is 43.6 Å². The van der Waals surface area contributed by atoms with Crippen molar-refractivity contribution in [1.82, 2.24) is 10.3 Å². The quantitative estimate of drug-likeness (QED) is 0.193. The van der Waals surface area contributed by atoms with E-state index in [0.717, 1.165) is 12.1 Å². The Labute approximate surface area is 231 Å². The van der Waals surface area contributed by atoms with Gasteiger partial charge in [0.2, 0.25) is 5.91 Å². The van der Waals surface area contributed by atoms with Gasteiger partial charge >= 0.3 is 6.36 Å². The molecule has 1 aromatic heterocycles. The minimum absolute atomic E-state index is 0.112. The molecule has 4 aromatic rings. The van der Waals surface area contributed by atoms with E-state index in [0.29, 0.717) is 22.2 Å². The van der Waals surface area contributed by atoms with Crippen LogP contribution in [-0.4, -0.2) is 29.1 Å². The summed E-state index contributed by atoms with van der Waals surface area (Å²) >= 11 is 6.25. The van der Waals surface area contributed by atoms with E-state index >= 15 is 0 Å². The zero-order valence-electron chi connectivity index (χ0n) is 21.3. The van der Waals surface area contributed by atoms with Crippen molar-refractivity contribution in [2.45, 2.75) is 26.8 Å². The Morgan fingerprint density at radius 1 is 0.925 bits per heavy atom. The third-order valence-electron chi connectivity index (χ3n) is 5.72. The minimum Gasteiger partial charge on any atom is -0.406 e. The van der Waals surface area contributed by atoms with Crippen LogP contribution in [0.2, 0.25) is 5.02 Å². The lowest BCUT2D eigenvalue weighted by Gasteiger charge is -2.11. The molecular weight excluding hydrogens is 549 g/mol. The molecule has 0 aliphatic heterocycles. The van der Waals surface area contributed by atoms with Gasteiger partial charge in [0, 0.05) is 40.8 Å². The fourth-order valence-electron chi connectivity index (χ4n) is 3.74. The lowest BCUT2D eigenvalue weighted by molar-refractivity contribution is -0.274. The third-order valence-corrected chi connectivity index (χ3v) is 6.05. The number of fused-ring (bicyclic) bond motifs is 1. The van der Waals surface area contributed by atoms with Crippen molar-refractivity contribution in [3.63, 3.8) is 0 Å². The van der Waals surface area contributed by atoms with Crippen molar-refractivity contribution < 1.29 is 32.3 Å². The summed E-state index contributed by atoms with van der Waals surface area (Å²) < 4.78 is 41.3. The lowest BCUT2D eigenvalue weighted by Crippen LogP contribution is -2.27. The van der Waals surface area contributed by atoms with Gasteiger partial charge in [0.25, 0.3) is 11.8 Å². The zero-order chi connectivity index (χ0) is 29.0. The Morgan fingerprint density at radius 3 is 2.38 bits per heavy atom. The molecule has 12 heteroatoms. The first-order valence-corrected chi connectivity index (χ1v) is 12.4. The number of H-pyrrole nitrogens is 1. The van der Waals surface area contributed by atoms with Gasteiger partial charge in [0.05, 0.1) is 10.6 Å². The standard InChI is InChI=1S/C28H24ClF3N4O4/c1-15(2)25(37)33-14-16-6-9-22(29)21(10-16)26(38)34-19-8-7-17-11-24(36-23(17)13-19)27(39)35-18-4-3-5-20(12-18)40-28(30,31)32/h3-13,15,36H,14H2,1-2H3,(H,33,37)(H,34,38)(H,35,39). The molecule has 0 unspecified atom stereocenters. The Hall–Kier alpha value is -4.51. The molecule has 0 atom stereocenters. The van der Waals surface area contributed by atoms with Crippen LogP contribution in [0.1, 0.15) is 40.3 Å². The highest BCUT2D eigenvalue weighted by Crippen LogP contribution is 2.26. The number of anilines is 2. The number of rotatable bonds is 8. The molecule has 0 spiro atoms. The van der Waals surface area contributed by atoms with E-state index in [9.17, 15) is 27.6 Å². The number of amides is 3. The van der Waals surface area contributed by atoms with E-state index in [1.54, 1.807) is 56.3 Å². The average molecular weight is 573 g/mol. The van der Waals surface area contributed by atoms with Gasteiger partial charge in [-0.05, 0) is 48.0 Å². The number of ether oxygens (including phenoxy) is 1. The van der Waals surface area contributed by atoms with Crippen molar-refractivity contribution in [2.24, 2.45) is 5.92 Å². The van der Waals surface area contributed by atoms with Crippen molar-refractivity contribution in [3.05, 3.63) is 88.6 Å². The summed E-state index contributed by atoms with van der Waals surface area (Å²) in [6.45, 7) is 3.80. The number of carbonyl (C=O) groups excluding carboxylic acids is 3. The Morgan fingerprint density at radius 2 is 1.65 bits per heavy atom. The molecule has 0 radical (unpaired) electrons. The highest BCUT2D eigenvalue weighted by atomic mass is 35.5. The first-order valence-electron chi connectivity index (χ1n) is 12.1. The Kier molecular flexibility index (Phi) is 8.34. The first-order chi connectivity index (χ1) is 18.9. The summed E-state index contributed by atoms with van der Waals surface area (Å²) in [5.41, 5.74) is 2.16. The number of aromatic nitrogens is 1. The maximum Gasteiger partial charge on any atom is 0.573 e. The predicted molar refractivity (Wildman–Crippen MR) is 145 cm³/mol. The fourth-order valence-corrected chi connectivity index (χ4v) is 3.95. The highest BCUT2D eigenvalue weighted by molar-refractivity contribution is 6.34. The molecule has 0 fully saturated rings. The Balaban J connectivity index is 1.45. The molecule has 1 heterocycles. The molecular formula is C28H24ClF3N4O4. The number of hydrogen-bond donors (Lipinski definition) is 4. The van der Waals surface area contributed by atoms with Gasteiger partial charge in [-0.2, -0.15) is 0 Å². The van der Waals surface area contributed by atoms with Crippen LogP contribution >= 0.6 is 11.6 Å². The van der Waals surface area contributed by atoms with Crippen LogP contribution in [0.25, 0.3) is 10.9 Å². The molecule has 0 saturated heterocycles. The van der Waals surface area contributed by atoms with Crippen molar-refractivity contribution in [1.29, 1.82) is 0 Å². The summed E-state index contributed by atoms with van der Waals surface area (Å²) in [7, 11) is 0. The molecule has 208 valence electrons. The second-order valence-electron chi connectivity index (χ2n) is 9.16. The second-order valence-corrected chi connectivity index (χ2v) is 9.56. The SMILES string of the molecule is CC(C)C(=O)NCc1ccc(Cl)c(C(=O)Nc2ccc3cc(C(=O)Nc4cccc(OC(F)(F)F)c4)[nH]c3c2)c1. The fraction of sp³-hybridized carbons (Fsp3) is 0.179. The first kappa shape index (κ1) is 28.5. The van der Waals surface area contributed by atoms with E-state index < -0.39 is 23.9 Å². The van der Waals surface area contributed by atoms with Crippen LogP contribution < -0.4 is 20.7 Å². The van der Waals surface area contributed by atoms with Gasteiger partial charge in [0.1, 0.15) is 11.4 Å². The normalized spacial score (nSPS) is 11.4. The van der Waals surface area contributed by atoms with Gasteiger partial charge in [-0.3, -0.25) is 14.4 Å². The van der Waals surface area contributed by atoms with E-state index in [1.165, 1.54) is 12.1 Å². The van der Waals surface area contributed by atoms with E-state index in [1.807, 2.05) is 0 Å². The molecule has 0 aliphatic rings. The number of halogens is 4. The summed E-state index contributed by atoms with van der Waals surface area (Å²) in [5, 5.41) is 8.98. The third kappa shape index (κ3) is 7.32. The van der Waals surface area contributed by atoms with E-state index in [2.05, 4.69) is 25.7 Å². The maximum atomic E-state index is 13.0. The maximum absolute atomic E-state index is 13.0. The molecule has 4 N–H and O–H groups in total. The summed E-state index contributed by atoms with van der Waals surface area (Å²) in [6.07, 6.45) is -4.85. The zero-order valence-corrected chi connectivity index (χ0v) is 22.0. The van der Waals surface area contributed by atoms with Gasteiger partial charge in [0.15, 0.2) is 0 Å². The van der Waals surface area contributed by atoms with E-state index in [4.69, 9.17) is 11.6 Å². The van der Waals surface area contributed by atoms with Gasteiger partial charge in [-0.15, -0.1) is 13.2 Å². The molecule has 0 saturated carbocycles. The number of nitrogens with one attached hydrogen (secondary N) is 4. The molecule has 3 aromatic carbocycles. The van der Waals surface area contributed by atoms with E-state index in [-0.39, 0.29) is 40.3 Å². The summed E-state index contributed by atoms with van der Waals surface area (Å²) in [6, 6.07) is 16.4. The van der Waals surface area contributed by atoms with Crippen LogP contribution in [0.3, 0.4) is 0 Å². The number of hydrogen-bond acceptors (Lipinski definition) is 4. The van der Waals surface area contributed by atoms with Crippen LogP contribution in [-0.2, 0) is 11.3 Å². The second kappa shape index (κ2) is 11.7. The predicted octanol–water partition coefficient (Wildman–Crippen LogP) is 6.50. The van der Waals surface area contributed by atoms with Crippen LogP contribution in [0.4, 0.5) is 24.5 Å². The van der Waals surface area contributed by atoms with Gasteiger partial charge < -0.3 is 25.7 Å². The molecule has 0 aliphatic carbocycles. The molecule has 4 rings (SSSR count).